The summed E-state index contributed by atoms with van der Waals surface area (Å²) < 4.78 is 0. The highest BCUT2D eigenvalue weighted by Gasteiger charge is 2.23. The molecule has 1 aliphatic heterocycles. The Bertz CT molecular complexity index is 630. The largest absolute Gasteiger partial charge is 0.506 e. The smallest absolute Gasteiger partial charge is 0.134 e. The number of halogens is 1. The number of aromatic nitrogens is 1. The number of likely N-dealkylation sites (tertiary alicyclic amines) is 1. The van der Waals surface area contributed by atoms with Gasteiger partial charge in [0.1, 0.15) is 5.75 Å². The molecule has 0 saturated carbocycles. The highest BCUT2D eigenvalue weighted by Crippen LogP contribution is 2.33. The number of pyridine rings is 1. The summed E-state index contributed by atoms with van der Waals surface area (Å²) in [6.45, 7) is 1.14. The molecule has 1 aromatic carbocycles. The van der Waals surface area contributed by atoms with Crippen molar-refractivity contribution in [2.45, 2.75) is 18.9 Å². The lowest BCUT2D eigenvalue weighted by Gasteiger charge is -2.20. The molecule has 1 N–H and O–H groups in total. The standard InChI is InChI=1S/C16H17ClN2O/c1-19-6-2-3-15(19)13-7-12(9-18-10-13)11-4-5-16(20)14(17)8-11/h4-5,7-10,15,20H,2-3,6H2,1H3. The minimum atomic E-state index is 0.107. The van der Waals surface area contributed by atoms with Crippen LogP contribution in [0.25, 0.3) is 11.1 Å². The molecule has 0 radical (unpaired) electrons. The summed E-state index contributed by atoms with van der Waals surface area (Å²) in [6.07, 6.45) is 6.19. The molecule has 1 atom stereocenters. The average molecular weight is 289 g/mol. The van der Waals surface area contributed by atoms with Gasteiger partial charge in [0.05, 0.1) is 5.02 Å². The lowest BCUT2D eigenvalue weighted by molar-refractivity contribution is 0.317. The normalized spacial score (nSPS) is 19.4. The van der Waals surface area contributed by atoms with Gasteiger partial charge in [0.25, 0.3) is 0 Å². The van der Waals surface area contributed by atoms with Crippen molar-refractivity contribution in [3.05, 3.63) is 47.2 Å². The van der Waals surface area contributed by atoms with Crippen molar-refractivity contribution in [1.82, 2.24) is 9.88 Å². The zero-order chi connectivity index (χ0) is 14.1. The lowest BCUT2D eigenvalue weighted by Crippen LogP contribution is -2.17. The Hall–Kier alpha value is -1.58. The van der Waals surface area contributed by atoms with Gasteiger partial charge in [0, 0.05) is 24.0 Å². The van der Waals surface area contributed by atoms with Crippen LogP contribution in [0.5, 0.6) is 5.75 Å². The number of hydrogen-bond donors (Lipinski definition) is 1. The second-order valence-corrected chi connectivity index (χ2v) is 5.72. The number of phenolic OH excluding ortho intramolecular Hbond substituents is 1. The minimum absolute atomic E-state index is 0.107. The summed E-state index contributed by atoms with van der Waals surface area (Å²) in [5.74, 6) is 0.107. The molecule has 0 bridgehead atoms. The molecule has 0 amide bonds. The van der Waals surface area contributed by atoms with Crippen molar-refractivity contribution >= 4 is 11.6 Å². The van der Waals surface area contributed by atoms with Gasteiger partial charge in [-0.25, -0.2) is 0 Å². The monoisotopic (exact) mass is 288 g/mol. The van der Waals surface area contributed by atoms with Gasteiger partial charge < -0.3 is 5.11 Å². The van der Waals surface area contributed by atoms with Crippen molar-refractivity contribution in [1.29, 1.82) is 0 Å². The molecule has 20 heavy (non-hydrogen) atoms. The third-order valence-corrected chi connectivity index (χ3v) is 4.25. The molecular weight excluding hydrogens is 272 g/mol. The molecular formula is C16H17ClN2O. The number of nitrogens with zero attached hydrogens (tertiary/aromatic N) is 2. The van der Waals surface area contributed by atoms with Crippen LogP contribution >= 0.6 is 11.6 Å². The van der Waals surface area contributed by atoms with Gasteiger partial charge >= 0.3 is 0 Å². The molecule has 1 aromatic heterocycles. The first-order valence-electron chi connectivity index (χ1n) is 6.79. The molecule has 3 nitrogen and oxygen atoms in total. The highest BCUT2D eigenvalue weighted by molar-refractivity contribution is 6.32. The molecule has 0 aliphatic carbocycles. The Kier molecular flexibility index (Phi) is 3.64. The van der Waals surface area contributed by atoms with E-state index in [1.165, 1.54) is 18.4 Å². The molecule has 1 saturated heterocycles. The first kappa shape index (κ1) is 13.4. The lowest BCUT2D eigenvalue weighted by atomic mass is 10.0. The Morgan fingerprint density at radius 2 is 2.10 bits per heavy atom. The second-order valence-electron chi connectivity index (χ2n) is 5.31. The van der Waals surface area contributed by atoms with Crippen molar-refractivity contribution in [2.24, 2.45) is 0 Å². The van der Waals surface area contributed by atoms with Crippen molar-refractivity contribution < 1.29 is 5.11 Å². The fourth-order valence-corrected chi connectivity index (χ4v) is 3.00. The van der Waals surface area contributed by atoms with Crippen LogP contribution < -0.4 is 0 Å². The second kappa shape index (κ2) is 5.43. The maximum atomic E-state index is 9.50. The molecule has 4 heteroatoms. The van der Waals surface area contributed by atoms with E-state index in [0.29, 0.717) is 11.1 Å². The minimum Gasteiger partial charge on any atom is -0.506 e. The van der Waals surface area contributed by atoms with E-state index >= 15 is 0 Å². The SMILES string of the molecule is CN1CCCC1c1cncc(-c2ccc(O)c(Cl)c2)c1. The van der Waals surface area contributed by atoms with E-state index in [9.17, 15) is 5.11 Å². The van der Waals surface area contributed by atoms with E-state index < -0.39 is 0 Å². The van der Waals surface area contributed by atoms with Crippen molar-refractivity contribution in [2.75, 3.05) is 13.6 Å². The third kappa shape index (κ3) is 2.51. The predicted octanol–water partition coefficient (Wildman–Crippen LogP) is 3.87. The topological polar surface area (TPSA) is 36.4 Å². The molecule has 1 unspecified atom stereocenters. The zero-order valence-electron chi connectivity index (χ0n) is 11.4. The van der Waals surface area contributed by atoms with Gasteiger partial charge in [-0.05, 0) is 55.8 Å². The summed E-state index contributed by atoms with van der Waals surface area (Å²) >= 11 is 5.98. The quantitative estimate of drug-likeness (QED) is 0.911. The molecule has 3 rings (SSSR count). The molecule has 0 spiro atoms. The molecule has 2 heterocycles. The first-order chi connectivity index (χ1) is 9.65. The summed E-state index contributed by atoms with van der Waals surface area (Å²) in [5.41, 5.74) is 3.25. The Morgan fingerprint density at radius 3 is 2.80 bits per heavy atom. The van der Waals surface area contributed by atoms with Crippen LogP contribution in [0.2, 0.25) is 5.02 Å². The van der Waals surface area contributed by atoms with Crippen molar-refractivity contribution in [3.63, 3.8) is 0 Å². The van der Waals surface area contributed by atoms with E-state index in [2.05, 4.69) is 23.0 Å². The summed E-state index contributed by atoms with van der Waals surface area (Å²) in [7, 11) is 2.15. The number of hydrogen-bond acceptors (Lipinski definition) is 3. The summed E-state index contributed by atoms with van der Waals surface area (Å²) in [5, 5.41) is 9.86. The van der Waals surface area contributed by atoms with E-state index in [4.69, 9.17) is 11.6 Å². The Morgan fingerprint density at radius 1 is 1.25 bits per heavy atom. The Labute approximate surface area is 123 Å². The van der Waals surface area contributed by atoms with Crippen LogP contribution in [0.3, 0.4) is 0 Å². The molecule has 1 fully saturated rings. The molecule has 2 aromatic rings. The van der Waals surface area contributed by atoms with E-state index in [0.717, 1.165) is 17.7 Å². The van der Waals surface area contributed by atoms with Gasteiger partial charge in [0.2, 0.25) is 0 Å². The summed E-state index contributed by atoms with van der Waals surface area (Å²) in [6, 6.07) is 7.88. The first-order valence-corrected chi connectivity index (χ1v) is 7.17. The number of phenols is 1. The Balaban J connectivity index is 1.96. The van der Waals surface area contributed by atoms with Gasteiger partial charge in [-0.2, -0.15) is 0 Å². The van der Waals surface area contributed by atoms with Crippen LogP contribution in [0.1, 0.15) is 24.4 Å². The molecule has 1 aliphatic rings. The zero-order valence-corrected chi connectivity index (χ0v) is 12.1. The number of rotatable bonds is 2. The maximum absolute atomic E-state index is 9.50. The van der Waals surface area contributed by atoms with Gasteiger partial charge in [-0.3, -0.25) is 9.88 Å². The van der Waals surface area contributed by atoms with Gasteiger partial charge in [-0.15, -0.1) is 0 Å². The maximum Gasteiger partial charge on any atom is 0.134 e. The van der Waals surface area contributed by atoms with Crippen LogP contribution in [0, 0.1) is 0 Å². The van der Waals surface area contributed by atoms with Gasteiger partial charge in [-0.1, -0.05) is 17.7 Å². The van der Waals surface area contributed by atoms with E-state index in [1.54, 1.807) is 12.1 Å². The predicted molar refractivity (Wildman–Crippen MR) is 81.0 cm³/mol. The number of aromatic hydroxyl groups is 1. The highest BCUT2D eigenvalue weighted by atomic mass is 35.5. The van der Waals surface area contributed by atoms with E-state index in [-0.39, 0.29) is 5.75 Å². The van der Waals surface area contributed by atoms with Crippen LogP contribution in [0.4, 0.5) is 0 Å². The summed E-state index contributed by atoms with van der Waals surface area (Å²) in [4.78, 5) is 6.73. The van der Waals surface area contributed by atoms with Crippen LogP contribution in [-0.4, -0.2) is 28.6 Å². The fraction of sp³-hybridized carbons (Fsp3) is 0.312. The fourth-order valence-electron chi connectivity index (χ4n) is 2.82. The third-order valence-electron chi connectivity index (χ3n) is 3.95. The molecule has 104 valence electrons. The van der Waals surface area contributed by atoms with Crippen LogP contribution in [0.15, 0.2) is 36.7 Å². The van der Waals surface area contributed by atoms with Crippen molar-refractivity contribution in [3.8, 4) is 16.9 Å². The van der Waals surface area contributed by atoms with E-state index in [1.807, 2.05) is 18.5 Å². The average Bonchev–Trinajstić information content (AvgIpc) is 2.88. The van der Waals surface area contributed by atoms with Crippen LogP contribution in [-0.2, 0) is 0 Å². The number of benzene rings is 1. The van der Waals surface area contributed by atoms with Gasteiger partial charge in [0.15, 0.2) is 0 Å².